The Labute approximate surface area is 214 Å². The molecule has 1 saturated carbocycles. The molecule has 3 rings (SSSR count). The van der Waals surface area contributed by atoms with Crippen molar-refractivity contribution in [3.05, 3.63) is 35.4 Å². The van der Waals surface area contributed by atoms with E-state index < -0.39 is 29.0 Å². The second-order valence-electron chi connectivity index (χ2n) is 10.4. The number of unbranched alkanes of at least 4 members (excludes halogenated alkanes) is 1. The van der Waals surface area contributed by atoms with Crippen molar-refractivity contribution in [2.45, 2.75) is 70.5 Å². The maximum absolute atomic E-state index is 14.1. The van der Waals surface area contributed by atoms with E-state index >= 15 is 0 Å². The largest absolute Gasteiger partial charge is 0.480 e. The van der Waals surface area contributed by atoms with Gasteiger partial charge in [-0.25, -0.2) is 4.79 Å². The number of carboxylic acid groups (broad SMARTS) is 1. The summed E-state index contributed by atoms with van der Waals surface area (Å²) in [4.78, 5) is 43.6. The monoisotopic (exact) mass is 499 g/mol. The number of fused-ring (bicyclic) bond motifs is 3. The van der Waals surface area contributed by atoms with Crippen LogP contribution in [0.2, 0.25) is 0 Å². The van der Waals surface area contributed by atoms with E-state index in [0.717, 1.165) is 12.0 Å². The van der Waals surface area contributed by atoms with Gasteiger partial charge in [-0.3, -0.25) is 14.5 Å². The minimum Gasteiger partial charge on any atom is -0.480 e. The quantitative estimate of drug-likeness (QED) is 0.300. The molecule has 1 aliphatic heterocycles. The number of rotatable bonds is 11. The maximum Gasteiger partial charge on any atom is 0.329 e. The molecule has 1 heterocycles. The Bertz CT molecular complexity index is 1020. The third-order valence-corrected chi connectivity index (χ3v) is 7.67. The van der Waals surface area contributed by atoms with Crippen molar-refractivity contribution >= 4 is 30.4 Å². The van der Waals surface area contributed by atoms with Gasteiger partial charge in [0.1, 0.15) is 11.1 Å². The summed E-state index contributed by atoms with van der Waals surface area (Å²) in [5.41, 5.74) is -1.70. The lowest BCUT2D eigenvalue weighted by molar-refractivity contribution is -0.150. The smallest absolute Gasteiger partial charge is 0.329 e. The Balaban J connectivity index is 2.00. The summed E-state index contributed by atoms with van der Waals surface area (Å²) in [6, 6.07) is -0.475. The number of nitrogens with zero attached hydrogens (tertiary/aromatic N) is 2. The Morgan fingerprint density at radius 2 is 2.14 bits per heavy atom. The van der Waals surface area contributed by atoms with Crippen LogP contribution in [0.5, 0.6) is 0 Å². The number of likely N-dealkylation sites (N-methyl/N-ethyl adjacent to an activating group) is 1. The van der Waals surface area contributed by atoms with E-state index in [-0.39, 0.29) is 23.7 Å². The third kappa shape index (κ3) is 5.07. The summed E-state index contributed by atoms with van der Waals surface area (Å²) >= 11 is 4.13. The van der Waals surface area contributed by atoms with E-state index in [4.69, 9.17) is 0 Å². The molecule has 190 valence electrons. The molecule has 2 amide bonds. The van der Waals surface area contributed by atoms with Crippen LogP contribution in [0, 0.1) is 29.6 Å². The number of carbonyl (C=O) groups excluding carboxylic acids is 2. The first-order valence-corrected chi connectivity index (χ1v) is 12.8. The number of amides is 2. The molecule has 8 heteroatoms. The van der Waals surface area contributed by atoms with E-state index in [1.807, 2.05) is 44.9 Å². The van der Waals surface area contributed by atoms with Crippen molar-refractivity contribution in [3.63, 3.8) is 0 Å². The van der Waals surface area contributed by atoms with Gasteiger partial charge < -0.3 is 15.3 Å². The molecule has 0 aromatic rings. The van der Waals surface area contributed by atoms with Crippen molar-refractivity contribution < 1.29 is 19.5 Å². The molecule has 5 unspecified atom stereocenters. The maximum atomic E-state index is 14.1. The molecular formula is C27H37N3O4S. The molecule has 1 fully saturated rings. The summed E-state index contributed by atoms with van der Waals surface area (Å²) in [5.74, 6) is 4.21. The van der Waals surface area contributed by atoms with Crippen LogP contribution >= 0.6 is 12.6 Å². The van der Waals surface area contributed by atoms with Gasteiger partial charge in [-0.05, 0) is 44.2 Å². The Kier molecular flexibility index (Phi) is 8.23. The fraction of sp³-hybridized carbons (Fsp3) is 0.593. The van der Waals surface area contributed by atoms with E-state index in [9.17, 15) is 19.5 Å². The van der Waals surface area contributed by atoms with E-state index in [1.54, 1.807) is 29.5 Å². The predicted molar refractivity (Wildman–Crippen MR) is 139 cm³/mol. The molecule has 5 atom stereocenters. The van der Waals surface area contributed by atoms with Gasteiger partial charge in [-0.1, -0.05) is 57.6 Å². The lowest BCUT2D eigenvalue weighted by Gasteiger charge is -2.41. The molecule has 7 nitrogen and oxygen atoms in total. The van der Waals surface area contributed by atoms with Crippen LogP contribution < -0.4 is 5.32 Å². The first kappa shape index (κ1) is 27.1. The van der Waals surface area contributed by atoms with Crippen LogP contribution in [-0.2, 0) is 14.4 Å². The van der Waals surface area contributed by atoms with Gasteiger partial charge in [0.15, 0.2) is 0 Å². The van der Waals surface area contributed by atoms with Gasteiger partial charge in [0.2, 0.25) is 11.8 Å². The van der Waals surface area contributed by atoms with Gasteiger partial charge >= 0.3 is 5.97 Å². The first-order chi connectivity index (χ1) is 16.5. The van der Waals surface area contributed by atoms with Gasteiger partial charge in [-0.15, -0.1) is 0 Å². The zero-order chi connectivity index (χ0) is 26.0. The van der Waals surface area contributed by atoms with E-state index in [2.05, 4.69) is 29.8 Å². The summed E-state index contributed by atoms with van der Waals surface area (Å²) in [6.45, 7) is 8.03. The van der Waals surface area contributed by atoms with Crippen molar-refractivity contribution in [3.8, 4) is 11.8 Å². The number of carboxylic acids is 1. The van der Waals surface area contributed by atoms with Crippen LogP contribution in [0.1, 0.15) is 53.4 Å². The highest BCUT2D eigenvalue weighted by molar-refractivity contribution is 7.83. The van der Waals surface area contributed by atoms with Crippen LogP contribution in [-0.4, -0.2) is 63.4 Å². The van der Waals surface area contributed by atoms with Crippen LogP contribution in [0.3, 0.4) is 0 Å². The van der Waals surface area contributed by atoms with Gasteiger partial charge in [-0.2, -0.15) is 12.6 Å². The van der Waals surface area contributed by atoms with Crippen molar-refractivity contribution in [2.75, 3.05) is 13.6 Å². The predicted octanol–water partition coefficient (Wildman–Crippen LogP) is 3.21. The van der Waals surface area contributed by atoms with Crippen molar-refractivity contribution in [1.29, 1.82) is 0 Å². The second-order valence-corrected chi connectivity index (χ2v) is 10.7. The topological polar surface area (TPSA) is 90.0 Å². The zero-order valence-corrected chi connectivity index (χ0v) is 22.1. The minimum absolute atomic E-state index is 0.0135. The zero-order valence-electron chi connectivity index (χ0n) is 21.2. The minimum atomic E-state index is -1.40. The molecule has 0 bridgehead atoms. The molecule has 0 aromatic carbocycles. The number of nitrogens with one attached hydrogen (secondary N) is 1. The molecule has 0 saturated heterocycles. The number of hydrogen-bond acceptors (Lipinski definition) is 5. The summed E-state index contributed by atoms with van der Waals surface area (Å²) in [6.07, 6.45) is 9.65. The number of aliphatic carboxylic acids is 1. The van der Waals surface area contributed by atoms with Gasteiger partial charge in [0.05, 0.1) is 6.04 Å². The molecule has 2 aliphatic carbocycles. The lowest BCUT2D eigenvalue weighted by atomic mass is 9.84. The summed E-state index contributed by atoms with van der Waals surface area (Å²) in [7, 11) is 1.88. The Hall–Kier alpha value is -2.50. The second kappa shape index (κ2) is 10.6. The SMILES string of the molecule is CCCCC(C)(NC(=O)C12CC1C1C=CC#CC1=CN2C(=O)C(C(C)C)N(C)C/C=C/S)C(=O)O. The van der Waals surface area contributed by atoms with Crippen LogP contribution in [0.25, 0.3) is 0 Å². The first-order valence-electron chi connectivity index (χ1n) is 12.3. The highest BCUT2D eigenvalue weighted by Crippen LogP contribution is 2.59. The average molecular weight is 500 g/mol. The third-order valence-electron chi connectivity index (χ3n) is 7.46. The van der Waals surface area contributed by atoms with E-state index in [0.29, 0.717) is 25.8 Å². The normalized spacial score (nSPS) is 26.9. The van der Waals surface area contributed by atoms with Crippen molar-refractivity contribution in [1.82, 2.24) is 15.1 Å². The number of thiol groups is 1. The fourth-order valence-corrected chi connectivity index (χ4v) is 5.45. The lowest BCUT2D eigenvalue weighted by Crippen LogP contribution is -2.63. The summed E-state index contributed by atoms with van der Waals surface area (Å²) < 4.78 is 0. The van der Waals surface area contributed by atoms with E-state index in [1.165, 1.54) is 0 Å². The number of carbonyl (C=O) groups is 3. The molecule has 2 N–H and O–H groups in total. The van der Waals surface area contributed by atoms with Crippen molar-refractivity contribution in [2.24, 2.45) is 17.8 Å². The summed E-state index contributed by atoms with van der Waals surface area (Å²) in [5, 5.41) is 14.4. The highest BCUT2D eigenvalue weighted by Gasteiger charge is 2.70. The molecule has 0 radical (unpaired) electrons. The van der Waals surface area contributed by atoms with Gasteiger partial charge in [0, 0.05) is 30.2 Å². The molecule has 35 heavy (non-hydrogen) atoms. The molecule has 0 spiro atoms. The number of hydrogen-bond donors (Lipinski definition) is 3. The van der Waals surface area contributed by atoms with Crippen LogP contribution in [0.15, 0.2) is 35.4 Å². The standard InChI is InChI=1S/C27H37N3O4S/c1-6-7-13-26(4,25(33)34)28-24(32)27-16-21(27)20-12-9-8-11-19(20)17-30(27)23(31)22(18(2)3)29(5)14-10-15-35/h9-10,12,15,17-18,20-22,35H,6-7,13-14,16H2,1-5H3,(H,28,32)(H,33,34)/b15-10+. The number of allylic oxidation sites excluding steroid dienone is 3. The Morgan fingerprint density at radius 3 is 2.74 bits per heavy atom. The van der Waals surface area contributed by atoms with Crippen LogP contribution in [0.4, 0.5) is 0 Å². The highest BCUT2D eigenvalue weighted by atomic mass is 32.1. The molecule has 3 aliphatic rings. The van der Waals surface area contributed by atoms with Gasteiger partial charge in [0.25, 0.3) is 0 Å². The average Bonchev–Trinajstić information content (AvgIpc) is 3.58. The molecule has 0 aromatic heterocycles. The fourth-order valence-electron chi connectivity index (χ4n) is 5.36. The molecular weight excluding hydrogens is 462 g/mol. The Morgan fingerprint density at radius 1 is 1.43 bits per heavy atom.